The molecule has 0 aliphatic heterocycles. The van der Waals surface area contributed by atoms with Crippen LogP contribution >= 0.6 is 34.5 Å². The van der Waals surface area contributed by atoms with Gasteiger partial charge in [0.05, 0.1) is 16.7 Å². The summed E-state index contributed by atoms with van der Waals surface area (Å²) in [6.07, 6.45) is 3.55. The second-order valence-electron chi connectivity index (χ2n) is 7.61. The van der Waals surface area contributed by atoms with Crippen LogP contribution in [0.4, 0.5) is 5.00 Å². The first-order valence-corrected chi connectivity index (χ1v) is 11.6. The minimum Gasteiger partial charge on any atom is -0.459 e. The first kappa shape index (κ1) is 21.9. The van der Waals surface area contributed by atoms with Crippen molar-refractivity contribution in [2.24, 2.45) is 0 Å². The number of thiophene rings is 1. The standard InChI is InChI=1S/C23H21Cl2NO4S/c1-12(2)29-23(28)20-14-5-3-4-6-19(14)31-22(20)26-21(27)18-10-9-17(30-18)15-11-13(24)7-8-16(15)25/h7-12H,3-6H2,1-2H3,(H,26,27). The zero-order valence-corrected chi connectivity index (χ0v) is 19.4. The fourth-order valence-corrected chi connectivity index (χ4v) is 5.25. The van der Waals surface area contributed by atoms with Crippen molar-refractivity contribution < 1.29 is 18.7 Å². The minimum absolute atomic E-state index is 0.112. The summed E-state index contributed by atoms with van der Waals surface area (Å²) in [5, 5.41) is 4.34. The monoisotopic (exact) mass is 477 g/mol. The highest BCUT2D eigenvalue weighted by Gasteiger charge is 2.28. The molecule has 0 spiro atoms. The smallest absolute Gasteiger partial charge is 0.341 e. The van der Waals surface area contributed by atoms with Crippen LogP contribution in [0, 0.1) is 0 Å². The van der Waals surface area contributed by atoms with Crippen molar-refractivity contribution in [3.8, 4) is 11.3 Å². The molecule has 1 amide bonds. The molecule has 4 rings (SSSR count). The number of benzene rings is 1. The predicted molar refractivity (Wildman–Crippen MR) is 124 cm³/mol. The number of hydrogen-bond donors (Lipinski definition) is 1. The first-order chi connectivity index (χ1) is 14.8. The average molecular weight is 478 g/mol. The van der Waals surface area contributed by atoms with Crippen LogP contribution in [0.1, 0.15) is 58.0 Å². The van der Waals surface area contributed by atoms with Crippen molar-refractivity contribution in [2.45, 2.75) is 45.6 Å². The molecule has 0 saturated heterocycles. The normalized spacial score (nSPS) is 13.2. The van der Waals surface area contributed by atoms with Gasteiger partial charge < -0.3 is 14.5 Å². The zero-order chi connectivity index (χ0) is 22.1. The van der Waals surface area contributed by atoms with Crippen molar-refractivity contribution in [1.82, 2.24) is 0 Å². The fraction of sp³-hybridized carbons (Fsp3) is 0.304. The van der Waals surface area contributed by atoms with Crippen LogP contribution in [-0.4, -0.2) is 18.0 Å². The summed E-state index contributed by atoms with van der Waals surface area (Å²) < 4.78 is 11.2. The summed E-state index contributed by atoms with van der Waals surface area (Å²) in [7, 11) is 0. The van der Waals surface area contributed by atoms with Crippen LogP contribution in [0.15, 0.2) is 34.7 Å². The summed E-state index contributed by atoms with van der Waals surface area (Å²) >= 11 is 13.7. The lowest BCUT2D eigenvalue weighted by Gasteiger charge is -2.14. The van der Waals surface area contributed by atoms with Crippen molar-refractivity contribution in [2.75, 3.05) is 5.32 Å². The van der Waals surface area contributed by atoms with Crippen LogP contribution in [0.25, 0.3) is 11.3 Å². The van der Waals surface area contributed by atoms with Gasteiger partial charge in [0.25, 0.3) is 5.91 Å². The van der Waals surface area contributed by atoms with E-state index in [-0.39, 0.29) is 11.9 Å². The van der Waals surface area contributed by atoms with Crippen molar-refractivity contribution in [3.05, 3.63) is 62.1 Å². The summed E-state index contributed by atoms with van der Waals surface area (Å²) in [5.74, 6) is -0.305. The molecular weight excluding hydrogens is 457 g/mol. The highest BCUT2D eigenvalue weighted by atomic mass is 35.5. The lowest BCUT2D eigenvalue weighted by molar-refractivity contribution is 0.0378. The number of nitrogens with one attached hydrogen (secondary N) is 1. The van der Waals surface area contributed by atoms with E-state index in [9.17, 15) is 9.59 Å². The minimum atomic E-state index is -0.443. The number of esters is 1. The van der Waals surface area contributed by atoms with Gasteiger partial charge in [0.2, 0.25) is 0 Å². The van der Waals surface area contributed by atoms with Gasteiger partial charge in [-0.2, -0.15) is 0 Å². The summed E-state index contributed by atoms with van der Waals surface area (Å²) in [6, 6.07) is 8.27. The van der Waals surface area contributed by atoms with Gasteiger partial charge in [0, 0.05) is 15.5 Å². The third-order valence-corrected chi connectivity index (χ3v) is 6.74. The quantitative estimate of drug-likeness (QED) is 0.401. The molecule has 2 heterocycles. The van der Waals surface area contributed by atoms with Crippen molar-refractivity contribution >= 4 is 51.4 Å². The maximum absolute atomic E-state index is 12.9. The fourth-order valence-electron chi connectivity index (χ4n) is 3.60. The molecule has 0 radical (unpaired) electrons. The molecule has 1 N–H and O–H groups in total. The Hall–Kier alpha value is -2.28. The number of furan rings is 1. The Balaban J connectivity index is 1.62. The second kappa shape index (κ2) is 9.07. The van der Waals surface area contributed by atoms with E-state index in [1.54, 1.807) is 44.2 Å². The first-order valence-electron chi connectivity index (χ1n) is 10.1. The Morgan fingerprint density at radius 3 is 2.68 bits per heavy atom. The number of fused-ring (bicyclic) bond motifs is 1. The highest BCUT2D eigenvalue weighted by Crippen LogP contribution is 2.39. The van der Waals surface area contributed by atoms with E-state index in [2.05, 4.69) is 5.32 Å². The zero-order valence-electron chi connectivity index (χ0n) is 17.1. The SMILES string of the molecule is CC(C)OC(=O)c1c(NC(=O)c2ccc(-c3cc(Cl)ccc3Cl)o2)sc2c1CCCC2. The second-order valence-corrected chi connectivity index (χ2v) is 9.56. The van der Waals surface area contributed by atoms with Gasteiger partial charge in [-0.1, -0.05) is 23.2 Å². The predicted octanol–water partition coefficient (Wildman–Crippen LogP) is 7.01. The largest absolute Gasteiger partial charge is 0.459 e. The van der Waals surface area contributed by atoms with Gasteiger partial charge in [-0.25, -0.2) is 4.79 Å². The number of rotatable bonds is 5. The third-order valence-electron chi connectivity index (χ3n) is 4.97. The summed E-state index contributed by atoms with van der Waals surface area (Å²) in [6.45, 7) is 3.61. The van der Waals surface area contributed by atoms with Crippen molar-refractivity contribution in [3.63, 3.8) is 0 Å². The van der Waals surface area contributed by atoms with Gasteiger partial charge in [-0.15, -0.1) is 11.3 Å². The maximum atomic E-state index is 12.9. The molecular formula is C23H21Cl2NO4S. The van der Waals surface area contributed by atoms with E-state index in [4.69, 9.17) is 32.4 Å². The Kier molecular flexibility index (Phi) is 6.42. The molecule has 3 aromatic rings. The summed E-state index contributed by atoms with van der Waals surface area (Å²) in [5.41, 5.74) is 2.05. The Morgan fingerprint density at radius 2 is 1.90 bits per heavy atom. The molecule has 1 aliphatic carbocycles. The van der Waals surface area contributed by atoms with Crippen LogP contribution in [0.2, 0.25) is 10.0 Å². The third kappa shape index (κ3) is 4.66. The van der Waals surface area contributed by atoms with Gasteiger partial charge in [0.1, 0.15) is 10.8 Å². The number of amides is 1. The van der Waals surface area contributed by atoms with Crippen LogP contribution < -0.4 is 5.32 Å². The molecule has 0 fully saturated rings. The summed E-state index contributed by atoms with van der Waals surface area (Å²) in [4.78, 5) is 26.8. The molecule has 1 aromatic carbocycles. The Labute approximate surface area is 194 Å². The number of anilines is 1. The Morgan fingerprint density at radius 1 is 1.13 bits per heavy atom. The van der Waals surface area contributed by atoms with Gasteiger partial charge in [-0.05, 0) is 75.4 Å². The molecule has 1 aliphatic rings. The van der Waals surface area contributed by atoms with E-state index in [0.717, 1.165) is 36.1 Å². The average Bonchev–Trinajstić information content (AvgIpc) is 3.34. The number of carbonyl (C=O) groups is 2. The molecule has 162 valence electrons. The van der Waals surface area contributed by atoms with Crippen LogP contribution in [0.5, 0.6) is 0 Å². The number of ether oxygens (including phenoxy) is 1. The molecule has 5 nitrogen and oxygen atoms in total. The van der Waals surface area contributed by atoms with E-state index in [1.165, 1.54) is 11.3 Å². The van der Waals surface area contributed by atoms with E-state index in [0.29, 0.717) is 31.9 Å². The number of carbonyl (C=O) groups excluding carboxylic acids is 2. The molecule has 0 bridgehead atoms. The van der Waals surface area contributed by atoms with Gasteiger partial charge in [-0.3, -0.25) is 4.79 Å². The lowest BCUT2D eigenvalue weighted by atomic mass is 9.95. The molecule has 2 aromatic heterocycles. The van der Waals surface area contributed by atoms with Gasteiger partial charge in [0.15, 0.2) is 5.76 Å². The van der Waals surface area contributed by atoms with E-state index >= 15 is 0 Å². The van der Waals surface area contributed by atoms with Crippen LogP contribution in [0.3, 0.4) is 0 Å². The van der Waals surface area contributed by atoms with Gasteiger partial charge >= 0.3 is 5.97 Å². The molecule has 0 saturated carbocycles. The van der Waals surface area contributed by atoms with Crippen LogP contribution in [-0.2, 0) is 17.6 Å². The topological polar surface area (TPSA) is 68.5 Å². The molecule has 31 heavy (non-hydrogen) atoms. The number of aryl methyl sites for hydroxylation is 1. The van der Waals surface area contributed by atoms with E-state index in [1.807, 2.05) is 0 Å². The highest BCUT2D eigenvalue weighted by molar-refractivity contribution is 7.17. The molecule has 8 heteroatoms. The lowest BCUT2D eigenvalue weighted by Crippen LogP contribution is -2.17. The maximum Gasteiger partial charge on any atom is 0.341 e. The Bertz CT molecular complexity index is 1150. The number of hydrogen-bond acceptors (Lipinski definition) is 5. The number of halogens is 2. The molecule has 0 unspecified atom stereocenters. The van der Waals surface area contributed by atoms with Crippen molar-refractivity contribution in [1.29, 1.82) is 0 Å². The molecule has 0 atom stereocenters. The van der Waals surface area contributed by atoms with E-state index < -0.39 is 11.9 Å².